The van der Waals surface area contributed by atoms with E-state index < -0.39 is 0 Å². The number of hydrogen-bond acceptors (Lipinski definition) is 4. The second-order valence-corrected chi connectivity index (χ2v) is 3.76. The molecular formula is C12H9N3S. The van der Waals surface area contributed by atoms with Crippen molar-refractivity contribution in [3.05, 3.63) is 59.7 Å². The fourth-order valence-electron chi connectivity index (χ4n) is 1.34. The van der Waals surface area contributed by atoms with Gasteiger partial charge in [0.05, 0.1) is 16.9 Å². The van der Waals surface area contributed by atoms with E-state index in [2.05, 4.69) is 28.7 Å². The third-order valence-electron chi connectivity index (χ3n) is 2.19. The van der Waals surface area contributed by atoms with Crippen LogP contribution in [0.5, 0.6) is 0 Å². The highest BCUT2D eigenvalue weighted by Gasteiger charge is 2.11. The Morgan fingerprint density at radius 3 is 2.31 bits per heavy atom. The van der Waals surface area contributed by atoms with Gasteiger partial charge < -0.3 is 0 Å². The summed E-state index contributed by atoms with van der Waals surface area (Å²) in [5.74, 6) is 0.663. The lowest BCUT2D eigenvalue weighted by Crippen LogP contribution is -1.99. The summed E-state index contributed by atoms with van der Waals surface area (Å²) < 4.78 is 0. The summed E-state index contributed by atoms with van der Waals surface area (Å²) in [4.78, 5) is 8.29. The third-order valence-corrected chi connectivity index (χ3v) is 2.71. The second kappa shape index (κ2) is 4.77. The van der Waals surface area contributed by atoms with Crippen LogP contribution < -0.4 is 0 Å². The van der Waals surface area contributed by atoms with Crippen molar-refractivity contribution < 1.29 is 0 Å². The first-order valence-corrected chi connectivity index (χ1v) is 5.28. The number of rotatable bonds is 2. The van der Waals surface area contributed by atoms with Gasteiger partial charge in [0.2, 0.25) is 0 Å². The number of hydrogen-bond donors (Lipinski definition) is 1. The lowest BCUT2D eigenvalue weighted by atomic mass is 10.1. The smallest absolute Gasteiger partial charge is 0.145 e. The van der Waals surface area contributed by atoms with E-state index in [-0.39, 0.29) is 5.25 Å². The molecule has 0 aliphatic rings. The Morgan fingerprint density at radius 1 is 1.12 bits per heavy atom. The Hall–Kier alpha value is -1.86. The van der Waals surface area contributed by atoms with Crippen molar-refractivity contribution in [2.24, 2.45) is 0 Å². The van der Waals surface area contributed by atoms with Gasteiger partial charge in [-0.2, -0.15) is 17.9 Å². The minimum absolute atomic E-state index is 0.158. The summed E-state index contributed by atoms with van der Waals surface area (Å²) in [6, 6.07) is 11.1. The molecule has 0 aliphatic carbocycles. The van der Waals surface area contributed by atoms with Crippen LogP contribution in [0.3, 0.4) is 0 Å². The van der Waals surface area contributed by atoms with Gasteiger partial charge in [-0.15, -0.1) is 0 Å². The predicted molar refractivity (Wildman–Crippen MR) is 64.0 cm³/mol. The zero-order chi connectivity index (χ0) is 11.4. The van der Waals surface area contributed by atoms with Crippen LogP contribution in [-0.4, -0.2) is 9.97 Å². The van der Waals surface area contributed by atoms with Crippen LogP contribution in [0.2, 0.25) is 0 Å². The van der Waals surface area contributed by atoms with Gasteiger partial charge in [-0.1, -0.05) is 12.1 Å². The highest BCUT2D eigenvalue weighted by atomic mass is 32.1. The molecule has 4 heteroatoms. The van der Waals surface area contributed by atoms with Gasteiger partial charge in [-0.25, -0.2) is 9.97 Å². The van der Waals surface area contributed by atoms with E-state index in [1.165, 1.54) is 0 Å². The molecule has 0 N–H and O–H groups in total. The minimum Gasteiger partial charge on any atom is -0.240 e. The van der Waals surface area contributed by atoms with E-state index >= 15 is 0 Å². The summed E-state index contributed by atoms with van der Waals surface area (Å²) in [6.45, 7) is 0. The molecule has 0 spiro atoms. The second-order valence-electron chi connectivity index (χ2n) is 3.24. The third kappa shape index (κ3) is 2.20. The number of thiol groups is 1. The molecule has 2 aromatic rings. The molecule has 0 fully saturated rings. The van der Waals surface area contributed by atoms with E-state index in [1.807, 2.05) is 12.1 Å². The quantitative estimate of drug-likeness (QED) is 0.801. The van der Waals surface area contributed by atoms with Gasteiger partial charge in [0.25, 0.3) is 0 Å². The van der Waals surface area contributed by atoms with E-state index in [0.717, 1.165) is 5.56 Å². The molecule has 2 rings (SSSR count). The number of benzene rings is 1. The SMILES string of the molecule is N#Cc1ccc(C(S)c2ncccn2)cc1. The zero-order valence-corrected chi connectivity index (χ0v) is 9.30. The van der Waals surface area contributed by atoms with Crippen LogP contribution in [0.4, 0.5) is 0 Å². The fourth-order valence-corrected chi connectivity index (χ4v) is 1.65. The van der Waals surface area contributed by atoms with Crippen LogP contribution in [0.25, 0.3) is 0 Å². The van der Waals surface area contributed by atoms with Crippen LogP contribution in [0, 0.1) is 11.3 Å². The minimum atomic E-state index is -0.158. The van der Waals surface area contributed by atoms with Gasteiger partial charge in [-0.05, 0) is 23.8 Å². The molecule has 0 saturated carbocycles. The monoisotopic (exact) mass is 227 g/mol. The Bertz CT molecular complexity index is 502. The van der Waals surface area contributed by atoms with Gasteiger partial charge in [0.15, 0.2) is 0 Å². The number of aromatic nitrogens is 2. The van der Waals surface area contributed by atoms with Gasteiger partial charge >= 0.3 is 0 Å². The highest BCUT2D eigenvalue weighted by molar-refractivity contribution is 7.80. The molecule has 0 bridgehead atoms. The molecule has 3 nitrogen and oxygen atoms in total. The summed E-state index contributed by atoms with van der Waals surface area (Å²) >= 11 is 4.46. The predicted octanol–water partition coefficient (Wildman–Crippen LogP) is 2.37. The van der Waals surface area contributed by atoms with Crippen LogP contribution in [0.15, 0.2) is 42.7 Å². The van der Waals surface area contributed by atoms with Gasteiger partial charge in [-0.3, -0.25) is 0 Å². The molecule has 0 radical (unpaired) electrons. The first kappa shape index (κ1) is 10.7. The van der Waals surface area contributed by atoms with Gasteiger partial charge in [0, 0.05) is 12.4 Å². The molecule has 16 heavy (non-hydrogen) atoms. The van der Waals surface area contributed by atoms with Crippen molar-refractivity contribution in [1.29, 1.82) is 5.26 Å². The van der Waals surface area contributed by atoms with Crippen molar-refractivity contribution in [1.82, 2.24) is 9.97 Å². The van der Waals surface area contributed by atoms with Crippen molar-refractivity contribution >= 4 is 12.6 Å². The Morgan fingerprint density at radius 2 is 1.75 bits per heavy atom. The van der Waals surface area contributed by atoms with E-state index in [4.69, 9.17) is 5.26 Å². The first-order chi connectivity index (χ1) is 7.81. The zero-order valence-electron chi connectivity index (χ0n) is 8.41. The topological polar surface area (TPSA) is 49.6 Å². The maximum atomic E-state index is 8.69. The summed E-state index contributed by atoms with van der Waals surface area (Å²) in [5.41, 5.74) is 1.62. The molecule has 1 aromatic carbocycles. The molecule has 1 atom stereocenters. The highest BCUT2D eigenvalue weighted by Crippen LogP contribution is 2.24. The van der Waals surface area contributed by atoms with Crippen LogP contribution in [0.1, 0.15) is 22.2 Å². The fraction of sp³-hybridized carbons (Fsp3) is 0.0833. The van der Waals surface area contributed by atoms with Crippen LogP contribution in [-0.2, 0) is 0 Å². The van der Waals surface area contributed by atoms with E-state index in [1.54, 1.807) is 30.6 Å². The average Bonchev–Trinajstić information content (AvgIpc) is 2.39. The molecule has 1 unspecified atom stereocenters. The number of nitriles is 1. The molecule has 0 saturated heterocycles. The molecule has 0 aliphatic heterocycles. The Balaban J connectivity index is 2.28. The maximum Gasteiger partial charge on any atom is 0.145 e. The van der Waals surface area contributed by atoms with Gasteiger partial charge in [0.1, 0.15) is 5.82 Å². The first-order valence-electron chi connectivity index (χ1n) is 4.76. The Kier molecular flexibility index (Phi) is 3.18. The summed E-state index contributed by atoms with van der Waals surface area (Å²) in [5, 5.41) is 8.53. The standard InChI is InChI=1S/C12H9N3S/c13-8-9-2-4-10(5-3-9)11(16)12-14-6-1-7-15-12/h1-7,11,16H. The lowest BCUT2D eigenvalue weighted by Gasteiger charge is -2.08. The average molecular weight is 227 g/mol. The van der Waals surface area contributed by atoms with Crippen molar-refractivity contribution in [3.63, 3.8) is 0 Å². The lowest BCUT2D eigenvalue weighted by molar-refractivity contribution is 0.955. The normalized spacial score (nSPS) is 11.8. The number of nitrogens with zero attached hydrogens (tertiary/aromatic N) is 3. The molecular weight excluding hydrogens is 218 g/mol. The largest absolute Gasteiger partial charge is 0.240 e. The van der Waals surface area contributed by atoms with E-state index in [0.29, 0.717) is 11.4 Å². The summed E-state index contributed by atoms with van der Waals surface area (Å²) in [7, 11) is 0. The molecule has 1 aromatic heterocycles. The molecule has 0 amide bonds. The van der Waals surface area contributed by atoms with Crippen molar-refractivity contribution in [2.75, 3.05) is 0 Å². The van der Waals surface area contributed by atoms with Crippen molar-refractivity contribution in [3.8, 4) is 6.07 Å². The maximum absolute atomic E-state index is 8.69. The summed E-state index contributed by atoms with van der Waals surface area (Å²) in [6.07, 6.45) is 3.38. The molecule has 1 heterocycles. The van der Waals surface area contributed by atoms with E-state index in [9.17, 15) is 0 Å². The molecule has 78 valence electrons. The van der Waals surface area contributed by atoms with Crippen LogP contribution >= 0.6 is 12.6 Å². The Labute approximate surface area is 99.2 Å². The van der Waals surface area contributed by atoms with Crippen molar-refractivity contribution in [2.45, 2.75) is 5.25 Å².